The molecule has 9 aromatic carbocycles. The molecule has 1 aliphatic carbocycles. The molecule has 2 heteroatoms. The van der Waals surface area contributed by atoms with E-state index in [2.05, 4.69) is 267 Å². The molecule has 0 unspecified atom stereocenters. The van der Waals surface area contributed by atoms with Crippen LogP contribution in [0.4, 0.5) is 28.4 Å². The maximum absolute atomic E-state index is 5.78. The van der Waals surface area contributed by atoms with Crippen LogP contribution in [0.15, 0.2) is 248 Å². The molecule has 2 nitrogen and oxygen atoms in total. The highest BCUT2D eigenvalue weighted by Crippen LogP contribution is 2.50. The third-order valence-electron chi connectivity index (χ3n) is 13.0. The molecule has 0 amide bonds. The third kappa shape index (κ3) is 7.93. The first-order valence-electron chi connectivity index (χ1n) is 22.7. The first kappa shape index (κ1) is 41.6. The van der Waals surface area contributed by atoms with E-state index in [1.165, 1.54) is 44.5 Å². The topological polar surface area (TPSA) is 6.48 Å². The average molecular weight is 847 g/mol. The number of anilines is 5. The molecule has 9 aromatic rings. The number of terminal acetylenes is 1. The standard InChI is InChI=1S/C64H50N2/c1-5-7-25-52(6-2)65(57-41-43-60-59-26-17-18-27-62(59)64(3,4)63(60)45-57)53-38-32-51(33-39-53)58-42-40-56(44-61(58)50-23-15-10-16-24-50)66(54-34-28-48(29-35-54)46-19-11-8-12-20-46)55-36-30-49(31-37-55)47-21-13-9-14-22-47/h1,6-45H,2-4H3/b25-7-,52-6+. The van der Waals surface area contributed by atoms with Crippen LogP contribution >= 0.6 is 0 Å². The molecule has 0 atom stereocenters. The molecule has 1 aliphatic rings. The molecular formula is C64H50N2. The second-order valence-corrected chi connectivity index (χ2v) is 17.3. The second-order valence-electron chi connectivity index (χ2n) is 17.3. The summed E-state index contributed by atoms with van der Waals surface area (Å²) in [6.07, 6.45) is 11.7. The number of hydrogen-bond donors (Lipinski definition) is 0. The number of hydrogen-bond acceptors (Lipinski definition) is 2. The van der Waals surface area contributed by atoms with E-state index in [-0.39, 0.29) is 5.41 Å². The lowest BCUT2D eigenvalue weighted by Crippen LogP contribution is -2.18. The highest BCUT2D eigenvalue weighted by molar-refractivity contribution is 5.90. The monoisotopic (exact) mass is 846 g/mol. The van der Waals surface area contributed by atoms with Gasteiger partial charge >= 0.3 is 0 Å². The molecular weight excluding hydrogens is 797 g/mol. The lowest BCUT2D eigenvalue weighted by Gasteiger charge is -2.29. The maximum Gasteiger partial charge on any atom is 0.0468 e. The van der Waals surface area contributed by atoms with Crippen LogP contribution in [-0.4, -0.2) is 0 Å². The van der Waals surface area contributed by atoms with Gasteiger partial charge in [0.2, 0.25) is 0 Å². The van der Waals surface area contributed by atoms with Crippen LogP contribution < -0.4 is 9.80 Å². The van der Waals surface area contributed by atoms with Crippen molar-refractivity contribution in [3.63, 3.8) is 0 Å². The van der Waals surface area contributed by atoms with Crippen molar-refractivity contribution in [3.8, 4) is 68.0 Å². The Bertz CT molecular complexity index is 3160. The Morgan fingerprint density at radius 3 is 1.42 bits per heavy atom. The Hall–Kier alpha value is -8.38. The molecule has 0 aromatic heterocycles. The summed E-state index contributed by atoms with van der Waals surface area (Å²) in [6, 6.07) is 81.1. The summed E-state index contributed by atoms with van der Waals surface area (Å²) in [5, 5.41) is 0. The summed E-state index contributed by atoms with van der Waals surface area (Å²) >= 11 is 0. The number of benzene rings is 9. The van der Waals surface area contributed by atoms with E-state index in [1.54, 1.807) is 6.08 Å². The van der Waals surface area contributed by atoms with Crippen molar-refractivity contribution in [2.45, 2.75) is 26.2 Å². The molecule has 0 aliphatic heterocycles. The summed E-state index contributed by atoms with van der Waals surface area (Å²) in [5.74, 6) is 2.71. The first-order valence-corrected chi connectivity index (χ1v) is 22.7. The van der Waals surface area contributed by atoms with Gasteiger partial charge in [0, 0.05) is 39.5 Å². The van der Waals surface area contributed by atoms with E-state index in [1.807, 2.05) is 6.08 Å². The summed E-state index contributed by atoms with van der Waals surface area (Å²) in [7, 11) is 0. The van der Waals surface area contributed by atoms with Gasteiger partial charge in [-0.05, 0) is 147 Å². The van der Waals surface area contributed by atoms with Crippen LogP contribution in [0.5, 0.6) is 0 Å². The van der Waals surface area contributed by atoms with Crippen LogP contribution in [0.1, 0.15) is 31.9 Å². The Labute approximate surface area is 390 Å². The number of fused-ring (bicyclic) bond motifs is 3. The highest BCUT2D eigenvalue weighted by atomic mass is 15.1. The number of rotatable bonds is 11. The fourth-order valence-corrected chi connectivity index (χ4v) is 9.60. The molecule has 0 N–H and O–H groups in total. The number of nitrogens with zero attached hydrogens (tertiary/aromatic N) is 2. The lowest BCUT2D eigenvalue weighted by molar-refractivity contribution is 0.660. The molecule has 10 rings (SSSR count). The fraction of sp³-hybridized carbons (Fsp3) is 0.0625. The van der Waals surface area contributed by atoms with Crippen molar-refractivity contribution in [2.24, 2.45) is 0 Å². The quantitative estimate of drug-likeness (QED) is 0.0945. The fourth-order valence-electron chi connectivity index (χ4n) is 9.60. The largest absolute Gasteiger partial charge is 0.311 e. The van der Waals surface area contributed by atoms with Gasteiger partial charge in [-0.2, -0.15) is 0 Å². The Kier molecular flexibility index (Phi) is 11.4. The molecule has 0 saturated carbocycles. The first-order chi connectivity index (χ1) is 32.4. The maximum atomic E-state index is 5.78. The van der Waals surface area contributed by atoms with E-state index >= 15 is 0 Å². The molecule has 0 fully saturated rings. The highest BCUT2D eigenvalue weighted by Gasteiger charge is 2.35. The van der Waals surface area contributed by atoms with Crippen LogP contribution in [0.3, 0.4) is 0 Å². The summed E-state index contributed by atoms with van der Waals surface area (Å²) in [4.78, 5) is 4.67. The van der Waals surface area contributed by atoms with Crippen molar-refractivity contribution in [1.29, 1.82) is 0 Å². The van der Waals surface area contributed by atoms with Crippen LogP contribution in [0.25, 0.3) is 55.6 Å². The van der Waals surface area contributed by atoms with Crippen LogP contribution in [0, 0.1) is 12.3 Å². The SMILES string of the molecule is C#C/C=C\C(=C/C)N(c1ccc(-c2ccc(N(c3ccc(-c4ccccc4)cc3)c3ccc(-c4ccccc4)cc3)cc2-c2ccccc2)cc1)c1ccc2c(c1)C(C)(C)c1ccccc1-2. The molecule has 0 saturated heterocycles. The van der Waals surface area contributed by atoms with Gasteiger partial charge in [-0.1, -0.05) is 190 Å². The minimum atomic E-state index is -0.130. The Balaban J connectivity index is 1.06. The van der Waals surface area contributed by atoms with Crippen molar-refractivity contribution in [3.05, 3.63) is 260 Å². The van der Waals surface area contributed by atoms with E-state index in [4.69, 9.17) is 6.42 Å². The van der Waals surface area contributed by atoms with E-state index in [9.17, 15) is 0 Å². The van der Waals surface area contributed by atoms with Crippen LogP contribution in [-0.2, 0) is 5.41 Å². The summed E-state index contributed by atoms with van der Waals surface area (Å²) in [5.41, 5.74) is 20.8. The lowest BCUT2D eigenvalue weighted by atomic mass is 9.82. The van der Waals surface area contributed by atoms with E-state index in [0.717, 1.165) is 56.4 Å². The van der Waals surface area contributed by atoms with E-state index in [0.29, 0.717) is 0 Å². The normalized spacial score (nSPS) is 12.6. The van der Waals surface area contributed by atoms with Gasteiger partial charge in [0.1, 0.15) is 0 Å². The Morgan fingerprint density at radius 1 is 0.409 bits per heavy atom. The van der Waals surface area contributed by atoms with Gasteiger partial charge in [-0.15, -0.1) is 6.42 Å². The van der Waals surface area contributed by atoms with Gasteiger partial charge < -0.3 is 9.80 Å². The molecule has 0 heterocycles. The predicted octanol–water partition coefficient (Wildman–Crippen LogP) is 17.4. The van der Waals surface area contributed by atoms with Gasteiger partial charge in [0.25, 0.3) is 0 Å². The number of allylic oxidation sites excluding steroid dienone is 3. The van der Waals surface area contributed by atoms with Crippen LogP contribution in [0.2, 0.25) is 0 Å². The molecule has 0 radical (unpaired) electrons. The second kappa shape index (κ2) is 18.0. The third-order valence-corrected chi connectivity index (χ3v) is 13.0. The van der Waals surface area contributed by atoms with Gasteiger partial charge in [-0.25, -0.2) is 0 Å². The van der Waals surface area contributed by atoms with Crippen molar-refractivity contribution < 1.29 is 0 Å². The summed E-state index contributed by atoms with van der Waals surface area (Å²) < 4.78 is 0. The molecule has 0 bridgehead atoms. The van der Waals surface area contributed by atoms with Crippen molar-refractivity contribution in [2.75, 3.05) is 9.80 Å². The minimum absolute atomic E-state index is 0.130. The minimum Gasteiger partial charge on any atom is -0.311 e. The molecule has 0 spiro atoms. The van der Waals surface area contributed by atoms with Crippen molar-refractivity contribution in [1.82, 2.24) is 0 Å². The average Bonchev–Trinajstić information content (AvgIpc) is 3.61. The van der Waals surface area contributed by atoms with Crippen molar-refractivity contribution >= 4 is 28.4 Å². The molecule has 66 heavy (non-hydrogen) atoms. The zero-order chi connectivity index (χ0) is 45.0. The van der Waals surface area contributed by atoms with Gasteiger partial charge in [0.05, 0.1) is 0 Å². The Morgan fingerprint density at radius 2 is 0.848 bits per heavy atom. The molecule has 316 valence electrons. The van der Waals surface area contributed by atoms with E-state index < -0.39 is 0 Å². The summed E-state index contributed by atoms with van der Waals surface area (Å²) in [6.45, 7) is 6.72. The predicted molar refractivity (Wildman–Crippen MR) is 281 cm³/mol. The zero-order valence-corrected chi connectivity index (χ0v) is 37.6. The zero-order valence-electron chi connectivity index (χ0n) is 37.6. The van der Waals surface area contributed by atoms with Gasteiger partial charge in [0.15, 0.2) is 0 Å². The van der Waals surface area contributed by atoms with Gasteiger partial charge in [-0.3, -0.25) is 0 Å². The smallest absolute Gasteiger partial charge is 0.0468 e.